The van der Waals surface area contributed by atoms with Gasteiger partial charge in [-0.05, 0) is 39.3 Å². The minimum atomic E-state index is -1.10. The minimum absolute atomic E-state index is 0.00165. The summed E-state index contributed by atoms with van der Waals surface area (Å²) in [5.74, 6) is -0.943. The van der Waals surface area contributed by atoms with E-state index in [4.69, 9.17) is 4.74 Å². The van der Waals surface area contributed by atoms with E-state index in [1.807, 2.05) is 13.0 Å². The van der Waals surface area contributed by atoms with E-state index in [0.29, 0.717) is 18.5 Å². The molecule has 0 spiro atoms. The van der Waals surface area contributed by atoms with Gasteiger partial charge in [-0.25, -0.2) is 4.79 Å². The number of amides is 1. The lowest BCUT2D eigenvalue weighted by atomic mass is 9.79. The Balaban J connectivity index is 2.87. The lowest BCUT2D eigenvalue weighted by Crippen LogP contribution is -2.46. The van der Waals surface area contributed by atoms with Crippen molar-refractivity contribution in [2.45, 2.75) is 52.6 Å². The number of pyridine rings is 1. The molecule has 1 amide bonds. The van der Waals surface area contributed by atoms with Crippen LogP contribution in [0.2, 0.25) is 0 Å². The average molecular weight is 322 g/mol. The second-order valence-corrected chi connectivity index (χ2v) is 6.69. The molecule has 1 atom stereocenters. The third kappa shape index (κ3) is 6.26. The van der Waals surface area contributed by atoms with Crippen LogP contribution >= 0.6 is 0 Å². The Morgan fingerprint density at radius 1 is 1.30 bits per heavy atom. The van der Waals surface area contributed by atoms with Gasteiger partial charge in [0, 0.05) is 24.9 Å². The van der Waals surface area contributed by atoms with Gasteiger partial charge < -0.3 is 15.2 Å². The molecule has 128 valence electrons. The third-order valence-corrected chi connectivity index (χ3v) is 3.40. The highest BCUT2D eigenvalue weighted by atomic mass is 16.6. The fourth-order valence-electron chi connectivity index (χ4n) is 2.38. The SMILES string of the molecule is CCCC(CNC(=O)OC(C)(C)C)(Cc1ccccn1)C(=O)O. The van der Waals surface area contributed by atoms with E-state index in [-0.39, 0.29) is 13.0 Å². The van der Waals surface area contributed by atoms with Crippen LogP contribution in [0.3, 0.4) is 0 Å². The van der Waals surface area contributed by atoms with Crippen molar-refractivity contribution in [2.24, 2.45) is 5.41 Å². The number of hydrogen-bond acceptors (Lipinski definition) is 4. The summed E-state index contributed by atoms with van der Waals surface area (Å²) in [4.78, 5) is 27.9. The maximum Gasteiger partial charge on any atom is 0.407 e. The molecule has 1 aromatic heterocycles. The molecule has 23 heavy (non-hydrogen) atoms. The Labute approximate surface area is 137 Å². The largest absolute Gasteiger partial charge is 0.481 e. The lowest BCUT2D eigenvalue weighted by molar-refractivity contribution is -0.149. The van der Waals surface area contributed by atoms with E-state index in [0.717, 1.165) is 0 Å². The topological polar surface area (TPSA) is 88.5 Å². The van der Waals surface area contributed by atoms with Crippen molar-refractivity contribution in [1.82, 2.24) is 10.3 Å². The molecule has 0 aliphatic rings. The number of alkyl carbamates (subject to hydrolysis) is 1. The maximum absolute atomic E-state index is 11.9. The summed E-state index contributed by atoms with van der Waals surface area (Å²) in [6.45, 7) is 7.20. The molecule has 0 radical (unpaired) electrons. The van der Waals surface area contributed by atoms with Gasteiger partial charge in [0.1, 0.15) is 5.60 Å². The van der Waals surface area contributed by atoms with Crippen LogP contribution < -0.4 is 5.32 Å². The molecular formula is C17H26N2O4. The van der Waals surface area contributed by atoms with E-state index >= 15 is 0 Å². The van der Waals surface area contributed by atoms with Gasteiger partial charge in [-0.3, -0.25) is 9.78 Å². The highest BCUT2D eigenvalue weighted by molar-refractivity contribution is 5.77. The third-order valence-electron chi connectivity index (χ3n) is 3.40. The van der Waals surface area contributed by atoms with Crippen LogP contribution in [0, 0.1) is 5.41 Å². The van der Waals surface area contributed by atoms with Crippen LogP contribution in [-0.4, -0.2) is 34.3 Å². The summed E-state index contributed by atoms with van der Waals surface area (Å²) in [7, 11) is 0. The summed E-state index contributed by atoms with van der Waals surface area (Å²) in [6.07, 6.45) is 2.41. The Bertz CT molecular complexity index is 525. The quantitative estimate of drug-likeness (QED) is 0.805. The van der Waals surface area contributed by atoms with E-state index in [1.54, 1.807) is 39.1 Å². The zero-order valence-corrected chi connectivity index (χ0v) is 14.3. The number of carbonyl (C=O) groups excluding carboxylic acids is 1. The van der Waals surface area contributed by atoms with Crippen molar-refractivity contribution < 1.29 is 19.4 Å². The van der Waals surface area contributed by atoms with Crippen LogP contribution in [0.4, 0.5) is 4.79 Å². The zero-order chi connectivity index (χ0) is 17.5. The number of aliphatic carboxylic acids is 1. The molecule has 1 heterocycles. The fourth-order valence-corrected chi connectivity index (χ4v) is 2.38. The van der Waals surface area contributed by atoms with Gasteiger partial charge in [-0.1, -0.05) is 19.4 Å². The Morgan fingerprint density at radius 2 is 2.00 bits per heavy atom. The lowest BCUT2D eigenvalue weighted by Gasteiger charge is -2.30. The molecular weight excluding hydrogens is 296 g/mol. The van der Waals surface area contributed by atoms with Crippen molar-refractivity contribution in [3.63, 3.8) is 0 Å². The summed E-state index contributed by atoms with van der Waals surface area (Å²) in [5, 5.41) is 12.3. The fraction of sp³-hybridized carbons (Fsp3) is 0.588. The van der Waals surface area contributed by atoms with Crippen LogP contribution in [-0.2, 0) is 16.0 Å². The molecule has 0 aliphatic carbocycles. The smallest absolute Gasteiger partial charge is 0.407 e. The van der Waals surface area contributed by atoms with Crippen LogP contribution in [0.25, 0.3) is 0 Å². The minimum Gasteiger partial charge on any atom is -0.481 e. The Hall–Kier alpha value is -2.11. The molecule has 0 saturated heterocycles. The number of aromatic nitrogens is 1. The molecule has 0 saturated carbocycles. The normalized spacial score (nSPS) is 13.9. The first-order chi connectivity index (χ1) is 10.7. The summed E-state index contributed by atoms with van der Waals surface area (Å²) < 4.78 is 5.18. The number of nitrogens with one attached hydrogen (secondary N) is 1. The Morgan fingerprint density at radius 3 is 2.48 bits per heavy atom. The van der Waals surface area contributed by atoms with Gasteiger partial charge in [-0.15, -0.1) is 0 Å². The van der Waals surface area contributed by atoms with Gasteiger partial charge in [0.15, 0.2) is 0 Å². The van der Waals surface area contributed by atoms with Crippen molar-refractivity contribution in [3.05, 3.63) is 30.1 Å². The van der Waals surface area contributed by atoms with Crippen LogP contribution in [0.5, 0.6) is 0 Å². The van der Waals surface area contributed by atoms with Gasteiger partial charge >= 0.3 is 12.1 Å². The van der Waals surface area contributed by atoms with Crippen molar-refractivity contribution in [3.8, 4) is 0 Å². The second kappa shape index (κ2) is 7.94. The molecule has 0 fully saturated rings. The molecule has 6 heteroatoms. The zero-order valence-electron chi connectivity index (χ0n) is 14.3. The molecule has 0 aliphatic heterocycles. The number of carboxylic acid groups (broad SMARTS) is 1. The molecule has 1 rings (SSSR count). The van der Waals surface area contributed by atoms with Crippen molar-refractivity contribution in [2.75, 3.05) is 6.54 Å². The van der Waals surface area contributed by atoms with E-state index in [2.05, 4.69) is 10.3 Å². The first-order valence-corrected chi connectivity index (χ1v) is 7.79. The van der Waals surface area contributed by atoms with Crippen molar-refractivity contribution in [1.29, 1.82) is 0 Å². The van der Waals surface area contributed by atoms with Gasteiger partial charge in [-0.2, -0.15) is 0 Å². The second-order valence-electron chi connectivity index (χ2n) is 6.69. The van der Waals surface area contributed by atoms with Gasteiger partial charge in [0.05, 0.1) is 5.41 Å². The predicted molar refractivity (Wildman–Crippen MR) is 87.2 cm³/mol. The summed E-state index contributed by atoms with van der Waals surface area (Å²) >= 11 is 0. The summed E-state index contributed by atoms with van der Waals surface area (Å²) in [5.41, 5.74) is -1.03. The first kappa shape index (κ1) is 18.9. The van der Waals surface area contributed by atoms with Gasteiger partial charge in [0.25, 0.3) is 0 Å². The molecule has 0 aromatic carbocycles. The van der Waals surface area contributed by atoms with Gasteiger partial charge in [0.2, 0.25) is 0 Å². The number of hydrogen-bond donors (Lipinski definition) is 2. The monoisotopic (exact) mass is 322 g/mol. The van der Waals surface area contributed by atoms with E-state index < -0.39 is 23.1 Å². The Kier molecular flexibility index (Phi) is 6.54. The number of nitrogens with zero attached hydrogens (tertiary/aromatic N) is 1. The molecule has 6 nitrogen and oxygen atoms in total. The predicted octanol–water partition coefficient (Wildman–Crippen LogP) is 3.02. The molecule has 2 N–H and O–H groups in total. The van der Waals surface area contributed by atoms with Crippen LogP contribution in [0.1, 0.15) is 46.2 Å². The number of carbonyl (C=O) groups is 2. The van der Waals surface area contributed by atoms with E-state index in [1.165, 1.54) is 0 Å². The number of carboxylic acids is 1. The van der Waals surface area contributed by atoms with Crippen LogP contribution in [0.15, 0.2) is 24.4 Å². The van der Waals surface area contributed by atoms with E-state index in [9.17, 15) is 14.7 Å². The summed E-state index contributed by atoms with van der Waals surface area (Å²) in [6, 6.07) is 5.40. The maximum atomic E-state index is 11.9. The highest BCUT2D eigenvalue weighted by Gasteiger charge is 2.39. The number of ether oxygens (including phenoxy) is 1. The highest BCUT2D eigenvalue weighted by Crippen LogP contribution is 2.28. The number of rotatable bonds is 7. The molecule has 1 unspecified atom stereocenters. The van der Waals surface area contributed by atoms with Crippen molar-refractivity contribution >= 4 is 12.1 Å². The first-order valence-electron chi connectivity index (χ1n) is 7.79. The average Bonchev–Trinajstić information content (AvgIpc) is 2.44. The standard InChI is InChI=1S/C17H26N2O4/c1-5-9-17(14(20)21,11-13-8-6-7-10-18-13)12-19-15(22)23-16(2,3)4/h6-8,10H,5,9,11-12H2,1-4H3,(H,19,22)(H,20,21). The molecule has 0 bridgehead atoms. The molecule has 1 aromatic rings.